The summed E-state index contributed by atoms with van der Waals surface area (Å²) in [5.74, 6) is 0.907. The second-order valence-corrected chi connectivity index (χ2v) is 5.00. The number of nitrogen functional groups attached to an aromatic ring is 2. The zero-order valence-corrected chi connectivity index (χ0v) is 10.4. The summed E-state index contributed by atoms with van der Waals surface area (Å²) in [6.45, 7) is 0. The van der Waals surface area contributed by atoms with E-state index in [2.05, 4.69) is 9.97 Å². The first-order valence-corrected chi connectivity index (χ1v) is 6.91. The van der Waals surface area contributed by atoms with E-state index in [9.17, 15) is 0 Å². The molecule has 0 saturated heterocycles. The number of aromatic nitrogens is 2. The van der Waals surface area contributed by atoms with Crippen LogP contribution in [0.5, 0.6) is 0 Å². The van der Waals surface area contributed by atoms with Crippen LogP contribution in [0, 0.1) is 0 Å². The van der Waals surface area contributed by atoms with Crippen molar-refractivity contribution in [3.05, 3.63) is 5.69 Å². The molecule has 88 valence electrons. The molecule has 2 rings (SSSR count). The van der Waals surface area contributed by atoms with Gasteiger partial charge in [-0.3, -0.25) is 0 Å². The lowest BCUT2D eigenvalue weighted by atomic mass is 9.86. The number of nitrogens with zero attached hydrogens (tertiary/aromatic N) is 2. The van der Waals surface area contributed by atoms with Crippen LogP contribution in [0.25, 0.3) is 0 Å². The summed E-state index contributed by atoms with van der Waals surface area (Å²) in [6, 6.07) is 0. The van der Waals surface area contributed by atoms with Gasteiger partial charge in [-0.15, -0.1) is 0 Å². The fourth-order valence-corrected chi connectivity index (χ4v) is 2.64. The second-order valence-electron chi connectivity index (χ2n) is 4.23. The number of thioether (sulfide) groups is 1. The Morgan fingerprint density at radius 2 is 1.81 bits per heavy atom. The molecule has 1 aliphatic carbocycles. The molecule has 4 N–H and O–H groups in total. The summed E-state index contributed by atoms with van der Waals surface area (Å²) in [4.78, 5) is 8.67. The SMILES string of the molecule is CSc1nc(N)c(N)c(C2CCCCC2)n1. The molecule has 16 heavy (non-hydrogen) atoms. The number of nitrogens with two attached hydrogens (primary N) is 2. The van der Waals surface area contributed by atoms with E-state index >= 15 is 0 Å². The van der Waals surface area contributed by atoms with Gasteiger partial charge in [0.05, 0.1) is 11.4 Å². The van der Waals surface area contributed by atoms with Crippen LogP contribution in [0.1, 0.15) is 43.7 Å². The minimum absolute atomic E-state index is 0.430. The van der Waals surface area contributed by atoms with E-state index in [4.69, 9.17) is 11.5 Å². The van der Waals surface area contributed by atoms with Crippen LogP contribution in [0.2, 0.25) is 0 Å². The van der Waals surface area contributed by atoms with Crippen molar-refractivity contribution in [1.82, 2.24) is 9.97 Å². The average molecular weight is 238 g/mol. The fraction of sp³-hybridized carbons (Fsp3) is 0.636. The summed E-state index contributed by atoms with van der Waals surface area (Å²) in [5.41, 5.74) is 13.3. The highest BCUT2D eigenvalue weighted by molar-refractivity contribution is 7.98. The summed E-state index contributed by atoms with van der Waals surface area (Å²) in [6.07, 6.45) is 8.16. The molecule has 0 radical (unpaired) electrons. The zero-order valence-electron chi connectivity index (χ0n) is 9.57. The Morgan fingerprint density at radius 1 is 1.12 bits per heavy atom. The molecule has 0 atom stereocenters. The van der Waals surface area contributed by atoms with Crippen LogP contribution < -0.4 is 11.5 Å². The van der Waals surface area contributed by atoms with Gasteiger partial charge in [0.25, 0.3) is 0 Å². The van der Waals surface area contributed by atoms with E-state index in [1.807, 2.05) is 6.26 Å². The highest BCUT2D eigenvalue weighted by atomic mass is 32.2. The van der Waals surface area contributed by atoms with Crippen LogP contribution in [0.3, 0.4) is 0 Å². The summed E-state index contributed by atoms with van der Waals surface area (Å²) < 4.78 is 0. The standard InChI is InChI=1S/C11H18N4S/c1-16-11-14-9(8(12)10(13)15-11)7-5-3-2-4-6-7/h7H,2-6,12H2,1H3,(H2,13,14,15). The monoisotopic (exact) mass is 238 g/mol. The Hall–Kier alpha value is -0.970. The number of hydrogen-bond acceptors (Lipinski definition) is 5. The summed E-state index contributed by atoms with van der Waals surface area (Å²) >= 11 is 1.51. The van der Waals surface area contributed by atoms with Gasteiger partial charge in [0, 0.05) is 5.92 Å². The van der Waals surface area contributed by atoms with Gasteiger partial charge < -0.3 is 11.5 Å². The van der Waals surface area contributed by atoms with Crippen LogP contribution in [0.15, 0.2) is 5.16 Å². The molecule has 1 aromatic heterocycles. The van der Waals surface area contributed by atoms with Gasteiger partial charge >= 0.3 is 0 Å². The van der Waals surface area contributed by atoms with Crippen LogP contribution in [-0.2, 0) is 0 Å². The molecule has 1 fully saturated rings. The van der Waals surface area contributed by atoms with Gasteiger partial charge in [0.15, 0.2) is 11.0 Å². The normalized spacial score (nSPS) is 17.6. The lowest BCUT2D eigenvalue weighted by Gasteiger charge is -2.22. The topological polar surface area (TPSA) is 77.8 Å². The largest absolute Gasteiger partial charge is 0.394 e. The molecule has 1 aliphatic rings. The maximum absolute atomic E-state index is 5.98. The predicted molar refractivity (Wildman–Crippen MR) is 68.5 cm³/mol. The molecule has 1 saturated carbocycles. The van der Waals surface area contributed by atoms with Crippen molar-refractivity contribution in [2.75, 3.05) is 17.7 Å². The molecule has 5 heteroatoms. The molecule has 0 amide bonds. The molecule has 1 heterocycles. The van der Waals surface area contributed by atoms with Crippen LogP contribution >= 0.6 is 11.8 Å². The van der Waals surface area contributed by atoms with Gasteiger partial charge in [-0.1, -0.05) is 31.0 Å². The maximum atomic E-state index is 5.98. The first-order chi connectivity index (χ1) is 7.72. The summed E-state index contributed by atoms with van der Waals surface area (Å²) in [7, 11) is 0. The first-order valence-electron chi connectivity index (χ1n) is 5.69. The summed E-state index contributed by atoms with van der Waals surface area (Å²) in [5, 5.41) is 0.729. The molecule has 0 aromatic carbocycles. The number of rotatable bonds is 2. The van der Waals surface area contributed by atoms with E-state index in [1.54, 1.807) is 0 Å². The van der Waals surface area contributed by atoms with Crippen LogP contribution in [-0.4, -0.2) is 16.2 Å². The lowest BCUT2D eigenvalue weighted by molar-refractivity contribution is 0.435. The quantitative estimate of drug-likeness (QED) is 0.611. The maximum Gasteiger partial charge on any atom is 0.189 e. The van der Waals surface area contributed by atoms with E-state index in [1.165, 1.54) is 43.9 Å². The molecular weight excluding hydrogens is 220 g/mol. The molecular formula is C11H18N4S. The van der Waals surface area contributed by atoms with Crippen molar-refractivity contribution in [1.29, 1.82) is 0 Å². The van der Waals surface area contributed by atoms with Crippen molar-refractivity contribution in [3.63, 3.8) is 0 Å². The van der Waals surface area contributed by atoms with Gasteiger partial charge in [0.2, 0.25) is 0 Å². The predicted octanol–water partition coefficient (Wildman–Crippen LogP) is 2.41. The molecule has 0 unspecified atom stereocenters. The van der Waals surface area contributed by atoms with Gasteiger partial charge in [-0.05, 0) is 19.1 Å². The molecule has 4 nitrogen and oxygen atoms in total. The van der Waals surface area contributed by atoms with Crippen molar-refractivity contribution >= 4 is 23.3 Å². The highest BCUT2D eigenvalue weighted by Crippen LogP contribution is 2.36. The van der Waals surface area contributed by atoms with Gasteiger partial charge in [-0.2, -0.15) is 0 Å². The van der Waals surface area contributed by atoms with E-state index in [-0.39, 0.29) is 0 Å². The molecule has 0 spiro atoms. The third kappa shape index (κ3) is 2.24. The smallest absolute Gasteiger partial charge is 0.189 e. The molecule has 0 aliphatic heterocycles. The third-order valence-electron chi connectivity index (χ3n) is 3.16. The second kappa shape index (κ2) is 4.91. The third-order valence-corrected chi connectivity index (χ3v) is 3.71. The minimum Gasteiger partial charge on any atom is -0.394 e. The Labute approximate surface area is 100 Å². The van der Waals surface area contributed by atoms with Gasteiger partial charge in [0.1, 0.15) is 0 Å². The van der Waals surface area contributed by atoms with E-state index < -0.39 is 0 Å². The zero-order chi connectivity index (χ0) is 11.5. The lowest BCUT2D eigenvalue weighted by Crippen LogP contribution is -2.13. The van der Waals surface area contributed by atoms with E-state index in [0.29, 0.717) is 17.4 Å². The van der Waals surface area contributed by atoms with E-state index in [0.717, 1.165) is 10.9 Å². The minimum atomic E-state index is 0.430. The Balaban J connectivity index is 2.33. The fourth-order valence-electron chi connectivity index (χ4n) is 2.26. The number of anilines is 2. The van der Waals surface area contributed by atoms with Crippen molar-refractivity contribution in [2.45, 2.75) is 43.2 Å². The Morgan fingerprint density at radius 3 is 2.44 bits per heavy atom. The molecule has 1 aromatic rings. The Bertz CT molecular complexity index is 374. The van der Waals surface area contributed by atoms with Crippen molar-refractivity contribution < 1.29 is 0 Å². The Kier molecular flexibility index (Phi) is 3.53. The van der Waals surface area contributed by atoms with Crippen molar-refractivity contribution in [3.8, 4) is 0 Å². The van der Waals surface area contributed by atoms with Crippen molar-refractivity contribution in [2.24, 2.45) is 0 Å². The van der Waals surface area contributed by atoms with Gasteiger partial charge in [-0.25, -0.2) is 9.97 Å². The highest BCUT2D eigenvalue weighted by Gasteiger charge is 2.21. The number of hydrogen-bond donors (Lipinski definition) is 2. The van der Waals surface area contributed by atoms with Crippen LogP contribution in [0.4, 0.5) is 11.5 Å². The average Bonchev–Trinajstić information content (AvgIpc) is 2.33. The molecule has 0 bridgehead atoms. The first kappa shape index (κ1) is 11.5.